The van der Waals surface area contributed by atoms with Gasteiger partial charge in [0.25, 0.3) is 0 Å². The lowest BCUT2D eigenvalue weighted by Crippen LogP contribution is -2.40. The van der Waals surface area contributed by atoms with E-state index in [2.05, 4.69) is 184 Å². The Bertz CT molecular complexity index is 2070. The molecular formula is C55H62N2O2S3. The first-order valence-electron chi connectivity index (χ1n) is 21.0. The minimum atomic E-state index is -0.458. The van der Waals surface area contributed by atoms with Crippen LogP contribution in [0.15, 0.2) is 217 Å². The predicted octanol–water partition coefficient (Wildman–Crippen LogP) is 14.1. The molecule has 1 N–H and O–H groups in total. The molecule has 7 aromatic carbocycles. The summed E-state index contributed by atoms with van der Waals surface area (Å²) in [6.45, 7) is 6.64. The average molecular weight is 879 g/mol. The van der Waals surface area contributed by atoms with Crippen LogP contribution in [0.3, 0.4) is 0 Å². The number of thiol groups is 2. The van der Waals surface area contributed by atoms with Crippen molar-refractivity contribution in [2.45, 2.75) is 43.4 Å². The first kappa shape index (κ1) is 49.6. The van der Waals surface area contributed by atoms with Crippen LogP contribution >= 0.6 is 37.0 Å². The lowest BCUT2D eigenvalue weighted by atomic mass is 9.98. The highest BCUT2D eigenvalue weighted by atomic mass is 32.2. The highest BCUT2D eigenvalue weighted by molar-refractivity contribution is 8.00. The van der Waals surface area contributed by atoms with E-state index < -0.39 is 4.87 Å². The maximum Gasteiger partial charge on any atom is 0.138 e. The van der Waals surface area contributed by atoms with Gasteiger partial charge in [-0.25, -0.2) is 0 Å². The summed E-state index contributed by atoms with van der Waals surface area (Å²) in [6, 6.07) is 72.6. The highest BCUT2D eigenvalue weighted by Crippen LogP contribution is 2.42. The Morgan fingerprint density at radius 2 is 0.790 bits per heavy atom. The summed E-state index contributed by atoms with van der Waals surface area (Å²) in [5.74, 6) is 4.39. The molecule has 0 aliphatic rings. The molecule has 0 aliphatic heterocycles. The Kier molecular flexibility index (Phi) is 22.9. The van der Waals surface area contributed by atoms with Crippen molar-refractivity contribution in [1.82, 2.24) is 5.48 Å². The average Bonchev–Trinajstić information content (AvgIpc) is 3.36. The third-order valence-corrected chi connectivity index (χ3v) is 12.8. The Balaban J connectivity index is 0.000000199. The molecule has 0 radical (unpaired) electrons. The Hall–Kier alpha value is -5.02. The van der Waals surface area contributed by atoms with Crippen LogP contribution in [-0.4, -0.2) is 37.2 Å². The van der Waals surface area contributed by atoms with Crippen molar-refractivity contribution in [1.29, 1.82) is 0 Å². The number of hydroxylamine groups is 1. The van der Waals surface area contributed by atoms with Crippen molar-refractivity contribution in [3.63, 3.8) is 0 Å². The number of hydrogen-bond donors (Lipinski definition) is 3. The van der Waals surface area contributed by atoms with Gasteiger partial charge in [0.05, 0.1) is 7.11 Å². The number of oxime groups is 1. The Morgan fingerprint density at radius 1 is 0.484 bits per heavy atom. The summed E-state index contributed by atoms with van der Waals surface area (Å²) >= 11 is 10.3. The van der Waals surface area contributed by atoms with Gasteiger partial charge in [-0.2, -0.15) is 30.7 Å². The van der Waals surface area contributed by atoms with Gasteiger partial charge in [0.15, 0.2) is 0 Å². The molecule has 0 fully saturated rings. The number of rotatable bonds is 15. The Labute approximate surface area is 387 Å². The fraction of sp³-hybridized carbons (Fsp3) is 0.218. The van der Waals surface area contributed by atoms with Crippen LogP contribution in [0.25, 0.3) is 0 Å². The van der Waals surface area contributed by atoms with E-state index in [9.17, 15) is 0 Å². The summed E-state index contributed by atoms with van der Waals surface area (Å²) in [7, 11) is 3.24. The van der Waals surface area contributed by atoms with Crippen LogP contribution < -0.4 is 5.48 Å². The molecule has 0 bridgehead atoms. The fourth-order valence-corrected chi connectivity index (χ4v) is 8.29. The largest absolute Gasteiger partial charge is 0.399 e. The van der Waals surface area contributed by atoms with Crippen LogP contribution in [0.2, 0.25) is 0 Å². The third-order valence-electron chi connectivity index (χ3n) is 10.1. The summed E-state index contributed by atoms with van der Waals surface area (Å²) in [5.41, 5.74) is 12.7. The van der Waals surface area contributed by atoms with Gasteiger partial charge in [-0.1, -0.05) is 238 Å². The van der Waals surface area contributed by atoms with Crippen molar-refractivity contribution >= 4 is 42.7 Å². The van der Waals surface area contributed by atoms with E-state index >= 15 is 0 Å². The second kappa shape index (κ2) is 28.6. The molecule has 62 heavy (non-hydrogen) atoms. The molecule has 322 valence electrons. The van der Waals surface area contributed by atoms with E-state index in [0.717, 1.165) is 34.1 Å². The molecule has 4 nitrogen and oxygen atoms in total. The van der Waals surface area contributed by atoms with Gasteiger partial charge in [0.1, 0.15) is 17.7 Å². The second-order valence-corrected chi connectivity index (χ2v) is 16.6. The zero-order valence-corrected chi connectivity index (χ0v) is 39.2. The van der Waals surface area contributed by atoms with Gasteiger partial charge in [-0.15, -0.1) is 11.8 Å². The monoisotopic (exact) mass is 878 g/mol. The van der Waals surface area contributed by atoms with Crippen molar-refractivity contribution in [2.75, 3.05) is 31.5 Å². The first-order chi connectivity index (χ1) is 30.4. The normalized spacial score (nSPS) is 12.0. The number of thioether (sulfide) groups is 1. The molecule has 0 saturated carbocycles. The van der Waals surface area contributed by atoms with E-state index in [1.54, 1.807) is 14.2 Å². The van der Waals surface area contributed by atoms with Gasteiger partial charge in [0, 0.05) is 16.9 Å². The molecule has 3 atom stereocenters. The topological polar surface area (TPSA) is 42.9 Å². The SMILES string of the molecule is CC(CS)c1ccccc1.CC(CS)c1ccccc1.CON=C(c1ccccc1)c1ccccc1.CONC(SC[C@@H](C)c1ccccc1)(c1ccccc1)c1ccccc1. The van der Waals surface area contributed by atoms with Crippen LogP contribution in [-0.2, 0) is 14.5 Å². The minimum Gasteiger partial charge on any atom is -0.399 e. The lowest BCUT2D eigenvalue weighted by Gasteiger charge is -2.35. The maximum atomic E-state index is 5.48. The first-order valence-corrected chi connectivity index (χ1v) is 23.3. The lowest BCUT2D eigenvalue weighted by molar-refractivity contribution is 0.0603. The summed E-state index contributed by atoms with van der Waals surface area (Å²) in [6.07, 6.45) is 0. The molecule has 7 aromatic rings. The van der Waals surface area contributed by atoms with Crippen molar-refractivity contribution < 1.29 is 9.68 Å². The molecule has 0 aliphatic carbocycles. The fourth-order valence-electron chi connectivity index (χ4n) is 6.43. The van der Waals surface area contributed by atoms with E-state index in [-0.39, 0.29) is 0 Å². The van der Waals surface area contributed by atoms with Crippen LogP contribution in [0.1, 0.15) is 77.5 Å². The number of nitrogens with zero attached hydrogens (tertiary/aromatic N) is 1. The molecule has 7 rings (SSSR count). The van der Waals surface area contributed by atoms with Crippen LogP contribution in [0.4, 0.5) is 0 Å². The third kappa shape index (κ3) is 16.0. The van der Waals surface area contributed by atoms with Crippen LogP contribution in [0, 0.1) is 0 Å². The van der Waals surface area contributed by atoms with Crippen molar-refractivity contribution in [3.8, 4) is 0 Å². The molecule has 0 saturated heterocycles. The zero-order chi connectivity index (χ0) is 44.3. The predicted molar refractivity (Wildman–Crippen MR) is 274 cm³/mol. The molecular weight excluding hydrogens is 817 g/mol. The summed E-state index contributed by atoms with van der Waals surface area (Å²) in [4.78, 5) is 9.93. The quantitative estimate of drug-likeness (QED) is 0.0415. The zero-order valence-electron chi connectivity index (χ0n) is 36.6. The van der Waals surface area contributed by atoms with Gasteiger partial charge in [-0.05, 0) is 57.1 Å². The minimum absolute atomic E-state index is 0.437. The van der Waals surface area contributed by atoms with Crippen LogP contribution in [0.5, 0.6) is 0 Å². The molecule has 0 aromatic heterocycles. The number of nitrogens with one attached hydrogen (secondary N) is 1. The smallest absolute Gasteiger partial charge is 0.138 e. The van der Waals surface area contributed by atoms with Crippen molar-refractivity contribution in [2.24, 2.45) is 5.16 Å². The van der Waals surface area contributed by atoms with E-state index in [4.69, 9.17) is 9.68 Å². The second-order valence-electron chi connectivity index (χ2n) is 14.7. The van der Waals surface area contributed by atoms with E-state index in [1.807, 2.05) is 96.7 Å². The maximum absolute atomic E-state index is 5.48. The molecule has 0 spiro atoms. The van der Waals surface area contributed by atoms with Crippen molar-refractivity contribution in [3.05, 3.63) is 251 Å². The molecule has 7 heteroatoms. The van der Waals surface area contributed by atoms with Gasteiger partial charge in [0.2, 0.25) is 0 Å². The van der Waals surface area contributed by atoms with Gasteiger partial charge in [-0.3, -0.25) is 0 Å². The summed E-state index contributed by atoms with van der Waals surface area (Å²) in [5, 5.41) is 4.08. The number of hydrogen-bond acceptors (Lipinski definition) is 7. The molecule has 0 amide bonds. The standard InChI is InChI=1S/C23H25NOS.C14H13NO.2C9H12S/c1-19(20-12-6-3-7-13-20)18-26-23(24-25-2,21-14-8-4-9-15-21)22-16-10-5-11-17-22;1-16-15-14(12-8-4-2-5-9-12)13-10-6-3-7-11-13;2*1-8(7-10)9-5-3-2-4-6-9/h3-17,19,24H,18H2,1-2H3;2-11H,1H3;2*2-6,8,10H,7H2,1H3/t19-;;;/m1.../s1. The molecule has 2 unspecified atom stereocenters. The number of benzene rings is 7. The Morgan fingerprint density at radius 3 is 1.10 bits per heavy atom. The van der Waals surface area contributed by atoms with Gasteiger partial charge >= 0.3 is 0 Å². The van der Waals surface area contributed by atoms with E-state index in [1.165, 1.54) is 27.8 Å². The molecule has 0 heterocycles. The summed E-state index contributed by atoms with van der Waals surface area (Å²) < 4.78 is 0. The van der Waals surface area contributed by atoms with Gasteiger partial charge < -0.3 is 9.68 Å². The van der Waals surface area contributed by atoms with E-state index in [0.29, 0.717) is 17.8 Å². The highest BCUT2D eigenvalue weighted by Gasteiger charge is 2.35.